The van der Waals surface area contributed by atoms with Crippen LogP contribution in [-0.4, -0.2) is 56.3 Å². The lowest BCUT2D eigenvalue weighted by molar-refractivity contribution is -0.114. The molecule has 0 unspecified atom stereocenters. The molecule has 3 atom stereocenters. The summed E-state index contributed by atoms with van der Waals surface area (Å²) in [4.78, 5) is 16.9. The smallest absolute Gasteiger partial charge is 0.192 e. The molecule has 0 aliphatic heterocycles. The second-order valence-electron chi connectivity index (χ2n) is 11.7. The van der Waals surface area contributed by atoms with E-state index in [1.807, 2.05) is 31.3 Å². The Hall–Kier alpha value is -3.72. The summed E-state index contributed by atoms with van der Waals surface area (Å²) in [6, 6.07) is 8.90. The number of phenolic OH excluding ortho intramolecular Hbond substituents is 2. The average molecular weight is 611 g/mol. The van der Waals surface area contributed by atoms with Gasteiger partial charge in [-0.2, -0.15) is 0 Å². The van der Waals surface area contributed by atoms with Crippen LogP contribution in [0.1, 0.15) is 70.4 Å². The van der Waals surface area contributed by atoms with Crippen molar-refractivity contribution >= 4 is 17.4 Å². The molecule has 0 spiro atoms. The number of nitrogens with one attached hydrogen (secondary N) is 2. The number of ketones is 1. The third-order valence-electron chi connectivity index (χ3n) is 8.02. The number of methoxy groups -OCH3 is 1. The summed E-state index contributed by atoms with van der Waals surface area (Å²) in [5, 5.41) is 26.8. The minimum absolute atomic E-state index is 0.0254. The molecule has 0 aliphatic carbocycles. The van der Waals surface area contributed by atoms with Crippen LogP contribution >= 0.6 is 0 Å². The van der Waals surface area contributed by atoms with Gasteiger partial charge in [0, 0.05) is 20.0 Å². The van der Waals surface area contributed by atoms with Crippen LogP contribution in [0, 0.1) is 17.8 Å². The van der Waals surface area contributed by atoms with Crippen LogP contribution in [0.5, 0.6) is 23.0 Å². The highest BCUT2D eigenvalue weighted by Gasteiger charge is 2.20. The van der Waals surface area contributed by atoms with Gasteiger partial charge in [-0.25, -0.2) is 0 Å². The predicted molar refractivity (Wildman–Crippen MR) is 180 cm³/mol. The van der Waals surface area contributed by atoms with Gasteiger partial charge < -0.3 is 36.1 Å². The van der Waals surface area contributed by atoms with Crippen molar-refractivity contribution in [3.63, 3.8) is 0 Å². The Balaban J connectivity index is 2.28. The number of aryl methyl sites for hydroxylation is 1. The number of nitrogens with two attached hydrogens (primary N) is 1. The Morgan fingerprint density at radius 3 is 2.52 bits per heavy atom. The molecule has 0 aromatic heterocycles. The summed E-state index contributed by atoms with van der Waals surface area (Å²) in [7, 11) is 4.93. The Morgan fingerprint density at radius 2 is 1.84 bits per heavy atom. The third kappa shape index (κ3) is 12.5. The van der Waals surface area contributed by atoms with E-state index >= 15 is 0 Å². The van der Waals surface area contributed by atoms with Crippen LogP contribution in [0.25, 0.3) is 0 Å². The fourth-order valence-electron chi connectivity index (χ4n) is 5.27. The van der Waals surface area contributed by atoms with Crippen molar-refractivity contribution in [2.75, 3.05) is 39.7 Å². The van der Waals surface area contributed by atoms with E-state index in [9.17, 15) is 15.0 Å². The van der Waals surface area contributed by atoms with E-state index in [1.165, 1.54) is 26.4 Å². The summed E-state index contributed by atoms with van der Waals surface area (Å²) in [6.07, 6.45) is 11.1. The molecule has 9 nitrogen and oxygen atoms in total. The largest absolute Gasteiger partial charge is 0.504 e. The molecule has 0 radical (unpaired) electrons. The van der Waals surface area contributed by atoms with Crippen molar-refractivity contribution in [1.82, 2.24) is 5.32 Å². The Kier molecular flexibility index (Phi) is 16.2. The number of hydrogen-bond acceptors (Lipinski definition) is 7. The van der Waals surface area contributed by atoms with E-state index in [0.717, 1.165) is 24.0 Å². The molecule has 0 saturated heterocycles. The number of aromatic hydroxyl groups is 2. The Morgan fingerprint density at radius 1 is 1.09 bits per heavy atom. The van der Waals surface area contributed by atoms with Crippen molar-refractivity contribution in [2.45, 2.75) is 72.1 Å². The fraction of sp³-hybridized carbons (Fsp3) is 0.543. The maximum Gasteiger partial charge on any atom is 0.192 e. The molecule has 6 N–H and O–H groups in total. The number of anilines is 1. The van der Waals surface area contributed by atoms with Gasteiger partial charge in [-0.1, -0.05) is 65.0 Å². The molecule has 9 heteroatoms. The maximum absolute atomic E-state index is 13.0. The van der Waals surface area contributed by atoms with Gasteiger partial charge in [0.2, 0.25) is 0 Å². The predicted octanol–water partition coefficient (Wildman–Crippen LogP) is 6.22. The van der Waals surface area contributed by atoms with Gasteiger partial charge >= 0.3 is 0 Å². The van der Waals surface area contributed by atoms with Crippen LogP contribution in [0.2, 0.25) is 0 Å². The molecule has 0 amide bonds. The minimum Gasteiger partial charge on any atom is -0.504 e. The van der Waals surface area contributed by atoms with Crippen LogP contribution in [0.15, 0.2) is 47.5 Å². The Bertz CT molecular complexity index is 1230. The average Bonchev–Trinajstić information content (AvgIpc) is 3.00. The van der Waals surface area contributed by atoms with E-state index in [0.29, 0.717) is 61.4 Å². The van der Waals surface area contributed by atoms with E-state index in [-0.39, 0.29) is 29.2 Å². The number of carbonyl (C=O) groups is 1. The van der Waals surface area contributed by atoms with Crippen molar-refractivity contribution in [3.8, 4) is 23.0 Å². The molecule has 0 heterocycles. The van der Waals surface area contributed by atoms with Crippen LogP contribution in [-0.2, 0) is 17.6 Å². The van der Waals surface area contributed by atoms with Crippen molar-refractivity contribution in [2.24, 2.45) is 28.5 Å². The maximum atomic E-state index is 13.0. The number of guanidine groups is 1. The van der Waals surface area contributed by atoms with Crippen LogP contribution < -0.4 is 25.8 Å². The summed E-state index contributed by atoms with van der Waals surface area (Å²) in [6.45, 7) is 7.81. The number of likely N-dealkylation sites (N-methyl/N-ethyl adjacent to an activating group) is 1. The number of rotatable bonds is 20. The molecule has 2 aromatic carbocycles. The summed E-state index contributed by atoms with van der Waals surface area (Å²) in [5.74, 6) is 2.17. The molecule has 244 valence electrons. The summed E-state index contributed by atoms with van der Waals surface area (Å²) in [5.41, 5.74) is 8.24. The first-order chi connectivity index (χ1) is 21.1. The minimum atomic E-state index is -0.0254. The SMILES string of the molecule is CCC[C@H](C)CCC[C@H](C)[C@H](C=CC(=O)CCc1ccc(O)c(OC)c1)Cc1cc(NC(N)=NC)c(O)c(OCCNC)c1. The van der Waals surface area contributed by atoms with Gasteiger partial charge in [-0.05, 0) is 79.1 Å². The fourth-order valence-corrected chi connectivity index (χ4v) is 5.27. The number of phenols is 2. The standard InChI is InChI=1S/C35H54N4O5/c1-7-9-24(2)10-8-11-25(3)28(14-16-29(40)15-12-26-13-17-31(41)32(22-26)43-6)20-27-21-30(39-35(36)38-5)34(42)33(23-27)44-19-18-37-4/h13-14,16-17,21-25,28,37,41-42H,7-12,15,18-20H2,1-6H3,(H3,36,38,39)/t24-,25-,28+/m0/s1. The highest BCUT2D eigenvalue weighted by atomic mass is 16.5. The van der Waals surface area contributed by atoms with E-state index in [4.69, 9.17) is 15.2 Å². The summed E-state index contributed by atoms with van der Waals surface area (Å²) >= 11 is 0. The van der Waals surface area contributed by atoms with E-state index in [2.05, 4.69) is 36.4 Å². The van der Waals surface area contributed by atoms with Crippen LogP contribution in [0.4, 0.5) is 5.69 Å². The van der Waals surface area contributed by atoms with Gasteiger partial charge in [0.15, 0.2) is 34.7 Å². The molecular weight excluding hydrogens is 556 g/mol. The number of nitrogens with zero attached hydrogens (tertiary/aromatic N) is 1. The van der Waals surface area contributed by atoms with Gasteiger partial charge in [0.05, 0.1) is 12.8 Å². The lowest BCUT2D eigenvalue weighted by atomic mass is 9.83. The highest BCUT2D eigenvalue weighted by Crippen LogP contribution is 2.37. The molecule has 0 aliphatic rings. The lowest BCUT2D eigenvalue weighted by Gasteiger charge is -2.23. The highest BCUT2D eigenvalue weighted by molar-refractivity contribution is 5.94. The summed E-state index contributed by atoms with van der Waals surface area (Å²) < 4.78 is 11.1. The van der Waals surface area contributed by atoms with Gasteiger partial charge in [0.1, 0.15) is 6.61 Å². The number of aliphatic imine (C=N–C) groups is 1. The van der Waals surface area contributed by atoms with E-state index < -0.39 is 0 Å². The number of benzene rings is 2. The first-order valence-electron chi connectivity index (χ1n) is 15.8. The molecule has 2 rings (SSSR count). The second-order valence-corrected chi connectivity index (χ2v) is 11.7. The number of allylic oxidation sites excluding steroid dienone is 2. The quantitative estimate of drug-likeness (QED) is 0.0392. The first-order valence-corrected chi connectivity index (χ1v) is 15.8. The second kappa shape index (κ2) is 19.5. The third-order valence-corrected chi connectivity index (χ3v) is 8.02. The molecular formula is C35H54N4O5. The topological polar surface area (TPSA) is 138 Å². The molecule has 2 aromatic rings. The number of carbonyl (C=O) groups excluding carboxylic acids is 1. The first kappa shape index (κ1) is 36.5. The van der Waals surface area contributed by atoms with Crippen molar-refractivity contribution in [3.05, 3.63) is 53.6 Å². The van der Waals surface area contributed by atoms with E-state index in [1.54, 1.807) is 25.3 Å². The molecule has 0 fully saturated rings. The zero-order valence-electron chi connectivity index (χ0n) is 27.5. The zero-order chi connectivity index (χ0) is 32.5. The van der Waals surface area contributed by atoms with Gasteiger partial charge in [-0.3, -0.25) is 9.79 Å². The normalized spacial score (nSPS) is 13.9. The van der Waals surface area contributed by atoms with Gasteiger partial charge in [0.25, 0.3) is 0 Å². The molecule has 44 heavy (non-hydrogen) atoms. The zero-order valence-corrected chi connectivity index (χ0v) is 27.5. The number of ether oxygens (including phenoxy) is 2. The van der Waals surface area contributed by atoms with Crippen LogP contribution in [0.3, 0.4) is 0 Å². The Labute approximate surface area is 264 Å². The monoisotopic (exact) mass is 610 g/mol. The van der Waals surface area contributed by atoms with Gasteiger partial charge in [-0.15, -0.1) is 0 Å². The molecule has 0 bridgehead atoms. The molecule has 0 saturated carbocycles. The van der Waals surface area contributed by atoms with Crippen molar-refractivity contribution < 1.29 is 24.5 Å². The van der Waals surface area contributed by atoms with Crippen molar-refractivity contribution in [1.29, 1.82) is 0 Å². The number of hydrogen-bond donors (Lipinski definition) is 5. The lowest BCUT2D eigenvalue weighted by Crippen LogP contribution is -2.22.